The summed E-state index contributed by atoms with van der Waals surface area (Å²) in [4.78, 5) is 24.7. The monoisotopic (exact) mass is 333 g/mol. The van der Waals surface area contributed by atoms with Gasteiger partial charge in [-0.25, -0.2) is 4.79 Å². The molecule has 5 nitrogen and oxygen atoms in total. The van der Waals surface area contributed by atoms with E-state index in [2.05, 4.69) is 11.9 Å². The Balaban J connectivity index is 2.88. The first-order chi connectivity index (χ1) is 11.4. The van der Waals surface area contributed by atoms with E-state index in [1.165, 1.54) is 6.08 Å². The molecule has 3 atom stereocenters. The van der Waals surface area contributed by atoms with E-state index in [1.807, 2.05) is 44.2 Å². The van der Waals surface area contributed by atoms with Crippen molar-refractivity contribution in [2.75, 3.05) is 6.61 Å². The maximum Gasteiger partial charge on any atom is 0.328 e. The smallest absolute Gasteiger partial charge is 0.328 e. The summed E-state index contributed by atoms with van der Waals surface area (Å²) < 4.78 is 5.06. The highest BCUT2D eigenvalue weighted by molar-refractivity contribution is 5.87. The molecule has 1 aromatic carbocycles. The fraction of sp³-hybridized carbons (Fsp3) is 0.474. The maximum absolute atomic E-state index is 12.5. The summed E-state index contributed by atoms with van der Waals surface area (Å²) in [6, 6.07) is 8.58. The van der Waals surface area contributed by atoms with Gasteiger partial charge in [-0.15, -0.1) is 6.58 Å². The van der Waals surface area contributed by atoms with Crippen molar-refractivity contribution in [1.29, 1.82) is 0 Å². The molecule has 0 spiro atoms. The van der Waals surface area contributed by atoms with Crippen molar-refractivity contribution in [1.82, 2.24) is 5.32 Å². The predicted molar refractivity (Wildman–Crippen MR) is 93.2 cm³/mol. The van der Waals surface area contributed by atoms with Gasteiger partial charge in [-0.2, -0.15) is 0 Å². The summed E-state index contributed by atoms with van der Waals surface area (Å²) in [6.45, 7) is 9.21. The average molecular weight is 333 g/mol. The second-order valence-corrected chi connectivity index (χ2v) is 6.00. The van der Waals surface area contributed by atoms with Crippen molar-refractivity contribution in [3.05, 3.63) is 48.6 Å². The first-order valence-corrected chi connectivity index (χ1v) is 8.22. The van der Waals surface area contributed by atoms with Crippen LogP contribution in [0, 0.1) is 11.8 Å². The highest BCUT2D eigenvalue weighted by Gasteiger charge is 2.30. The van der Waals surface area contributed by atoms with Crippen LogP contribution in [0.1, 0.15) is 26.3 Å². The lowest BCUT2D eigenvalue weighted by molar-refractivity contribution is -0.148. The van der Waals surface area contributed by atoms with E-state index < -0.39 is 29.9 Å². The lowest BCUT2D eigenvalue weighted by Gasteiger charge is -2.25. The average Bonchev–Trinajstić information content (AvgIpc) is 2.55. The molecule has 132 valence electrons. The fourth-order valence-corrected chi connectivity index (χ4v) is 2.37. The third kappa shape index (κ3) is 5.81. The maximum atomic E-state index is 12.5. The van der Waals surface area contributed by atoms with Crippen LogP contribution in [0.3, 0.4) is 0 Å². The molecule has 0 aliphatic rings. The lowest BCUT2D eigenvalue weighted by Crippen LogP contribution is -2.48. The van der Waals surface area contributed by atoms with E-state index in [4.69, 9.17) is 4.74 Å². The van der Waals surface area contributed by atoms with Gasteiger partial charge in [0, 0.05) is 6.42 Å². The zero-order valence-corrected chi connectivity index (χ0v) is 14.6. The van der Waals surface area contributed by atoms with Crippen molar-refractivity contribution >= 4 is 11.9 Å². The molecular formula is C19H27NO4. The van der Waals surface area contributed by atoms with Gasteiger partial charge in [-0.05, 0) is 18.4 Å². The highest BCUT2D eigenvalue weighted by atomic mass is 16.5. The van der Waals surface area contributed by atoms with Gasteiger partial charge in [0.1, 0.15) is 6.04 Å². The number of carbonyl (C=O) groups is 2. The van der Waals surface area contributed by atoms with Crippen LogP contribution in [-0.2, 0) is 20.7 Å². The summed E-state index contributed by atoms with van der Waals surface area (Å²) in [5.74, 6) is -1.80. The second-order valence-electron chi connectivity index (χ2n) is 6.00. The van der Waals surface area contributed by atoms with Crippen LogP contribution in [0.25, 0.3) is 0 Å². The van der Waals surface area contributed by atoms with Crippen LogP contribution in [0.5, 0.6) is 0 Å². The van der Waals surface area contributed by atoms with Crippen LogP contribution in [-0.4, -0.2) is 35.7 Å². The van der Waals surface area contributed by atoms with Crippen LogP contribution < -0.4 is 5.32 Å². The van der Waals surface area contributed by atoms with E-state index in [9.17, 15) is 14.7 Å². The molecule has 0 heterocycles. The minimum absolute atomic E-state index is 0.103. The summed E-state index contributed by atoms with van der Waals surface area (Å²) in [7, 11) is 0. The highest BCUT2D eigenvalue weighted by Crippen LogP contribution is 2.15. The number of hydrogen-bond acceptors (Lipinski definition) is 4. The molecule has 0 radical (unpaired) electrons. The SMILES string of the molecule is C=CC(C(=O)N[C@@H](Cc1ccccc1)C(=O)OCC)C(O)C(C)C. The standard InChI is InChI=1S/C19H27NO4/c1-5-15(17(21)13(3)4)18(22)20-16(19(23)24-6-2)12-14-10-8-7-9-11-14/h5,7-11,13,15-17,21H,1,6,12H2,2-4H3,(H,20,22)/t15?,16-,17?/m0/s1. The number of benzene rings is 1. The van der Waals surface area contributed by atoms with Gasteiger partial charge in [0.25, 0.3) is 0 Å². The fourth-order valence-electron chi connectivity index (χ4n) is 2.37. The number of amides is 1. The largest absolute Gasteiger partial charge is 0.464 e. The second kappa shape index (κ2) is 9.88. The zero-order chi connectivity index (χ0) is 18.1. The third-order valence-electron chi connectivity index (χ3n) is 3.78. The van der Waals surface area contributed by atoms with Crippen molar-refractivity contribution in [3.63, 3.8) is 0 Å². The van der Waals surface area contributed by atoms with E-state index in [-0.39, 0.29) is 12.5 Å². The van der Waals surface area contributed by atoms with Crippen LogP contribution in [0.15, 0.2) is 43.0 Å². The van der Waals surface area contributed by atoms with Gasteiger partial charge in [-0.1, -0.05) is 50.3 Å². The summed E-state index contributed by atoms with van der Waals surface area (Å²) in [5, 5.41) is 12.8. The Morgan fingerprint density at radius 1 is 1.29 bits per heavy atom. The van der Waals surface area contributed by atoms with Crippen LogP contribution in [0.4, 0.5) is 0 Å². The molecule has 0 fully saturated rings. The molecule has 0 aliphatic carbocycles. The molecule has 0 aliphatic heterocycles. The molecule has 1 rings (SSSR count). The van der Waals surface area contributed by atoms with Gasteiger partial charge < -0.3 is 15.2 Å². The third-order valence-corrected chi connectivity index (χ3v) is 3.78. The number of hydrogen-bond donors (Lipinski definition) is 2. The molecular weight excluding hydrogens is 306 g/mol. The number of carbonyl (C=O) groups excluding carboxylic acids is 2. The van der Waals surface area contributed by atoms with Gasteiger partial charge in [-0.3, -0.25) is 4.79 Å². The molecule has 0 bridgehead atoms. The van der Waals surface area contributed by atoms with Gasteiger partial charge >= 0.3 is 5.97 Å². The lowest BCUT2D eigenvalue weighted by atomic mass is 9.92. The minimum Gasteiger partial charge on any atom is -0.464 e. The number of nitrogens with one attached hydrogen (secondary N) is 1. The van der Waals surface area contributed by atoms with Crippen molar-refractivity contribution in [2.45, 2.75) is 39.3 Å². The predicted octanol–water partition coefficient (Wildman–Crippen LogP) is 2.10. The van der Waals surface area contributed by atoms with Crippen molar-refractivity contribution < 1.29 is 19.4 Å². The molecule has 2 N–H and O–H groups in total. The van der Waals surface area contributed by atoms with E-state index in [0.29, 0.717) is 6.42 Å². The molecule has 0 saturated heterocycles. The van der Waals surface area contributed by atoms with Crippen molar-refractivity contribution in [3.8, 4) is 0 Å². The topological polar surface area (TPSA) is 75.6 Å². The molecule has 5 heteroatoms. The summed E-state index contributed by atoms with van der Waals surface area (Å²) >= 11 is 0. The number of rotatable bonds is 9. The molecule has 1 amide bonds. The van der Waals surface area contributed by atoms with Crippen LogP contribution >= 0.6 is 0 Å². The number of aliphatic hydroxyl groups is 1. The normalized spacial score (nSPS) is 14.5. The van der Waals surface area contributed by atoms with E-state index in [1.54, 1.807) is 6.92 Å². The Labute approximate surface area is 143 Å². The Morgan fingerprint density at radius 2 is 1.92 bits per heavy atom. The Kier molecular flexibility index (Phi) is 8.19. The molecule has 0 saturated carbocycles. The number of ether oxygens (including phenoxy) is 1. The Morgan fingerprint density at radius 3 is 2.42 bits per heavy atom. The first-order valence-electron chi connectivity index (χ1n) is 8.22. The summed E-state index contributed by atoms with van der Waals surface area (Å²) in [6.07, 6.45) is 0.875. The van der Waals surface area contributed by atoms with E-state index in [0.717, 1.165) is 5.56 Å². The minimum atomic E-state index is -0.859. The Bertz CT molecular complexity index is 542. The quantitative estimate of drug-likeness (QED) is 0.536. The summed E-state index contributed by atoms with van der Waals surface area (Å²) in [5.41, 5.74) is 0.912. The van der Waals surface area contributed by atoms with E-state index >= 15 is 0 Å². The number of esters is 1. The van der Waals surface area contributed by atoms with Crippen molar-refractivity contribution in [2.24, 2.45) is 11.8 Å². The molecule has 1 aromatic rings. The first kappa shape index (κ1) is 19.9. The van der Waals surface area contributed by atoms with Gasteiger partial charge in [0.2, 0.25) is 5.91 Å². The van der Waals surface area contributed by atoms with Gasteiger partial charge in [0.15, 0.2) is 0 Å². The number of aliphatic hydroxyl groups excluding tert-OH is 1. The Hall–Kier alpha value is -2.14. The molecule has 0 aromatic heterocycles. The molecule has 24 heavy (non-hydrogen) atoms. The van der Waals surface area contributed by atoms with Gasteiger partial charge in [0.05, 0.1) is 18.6 Å². The molecule has 2 unspecified atom stereocenters. The zero-order valence-electron chi connectivity index (χ0n) is 14.6. The van der Waals surface area contributed by atoms with Crippen LogP contribution in [0.2, 0.25) is 0 Å².